The first-order valence-corrected chi connectivity index (χ1v) is 10.4. The minimum atomic E-state index is -0.0838. The van der Waals surface area contributed by atoms with Crippen LogP contribution in [0.5, 0.6) is 0 Å². The zero-order valence-electron chi connectivity index (χ0n) is 17.3. The lowest BCUT2D eigenvalue weighted by atomic mass is 10.1. The summed E-state index contributed by atoms with van der Waals surface area (Å²) in [5.74, 6) is -0.0838. The first-order valence-electron chi connectivity index (χ1n) is 10.4. The van der Waals surface area contributed by atoms with Crippen LogP contribution in [0, 0.1) is 6.92 Å². The first-order chi connectivity index (χ1) is 14.1. The number of carbonyl (C=O) groups is 1. The molecule has 2 aromatic rings. The van der Waals surface area contributed by atoms with Crippen molar-refractivity contribution in [1.82, 2.24) is 25.2 Å². The standard InChI is InChI=1S/C21H30N6O2/c1-16-20(23-24-27(16)18-7-9-22-10-8-18)21(28)25(2)15-17-5-3-4-6-19(17)26-11-13-29-14-12-26/h3-6,18,22H,7-15H2,1-2H3. The minimum Gasteiger partial charge on any atom is -0.378 e. The third kappa shape index (κ3) is 4.28. The van der Waals surface area contributed by atoms with Crippen LogP contribution < -0.4 is 10.2 Å². The fourth-order valence-electron chi connectivity index (χ4n) is 4.20. The molecule has 8 nitrogen and oxygen atoms in total. The molecule has 0 spiro atoms. The molecule has 1 amide bonds. The molecule has 8 heteroatoms. The van der Waals surface area contributed by atoms with Gasteiger partial charge < -0.3 is 19.9 Å². The molecular formula is C21H30N6O2. The SMILES string of the molecule is Cc1c(C(=O)N(C)Cc2ccccc2N2CCOCC2)nnn1C1CCNCC1. The summed E-state index contributed by atoms with van der Waals surface area (Å²) in [6.07, 6.45) is 2.03. The Morgan fingerprint density at radius 2 is 1.97 bits per heavy atom. The highest BCUT2D eigenvalue weighted by molar-refractivity contribution is 5.93. The van der Waals surface area contributed by atoms with Crippen molar-refractivity contribution < 1.29 is 9.53 Å². The summed E-state index contributed by atoms with van der Waals surface area (Å²) in [6.45, 7) is 7.66. The van der Waals surface area contributed by atoms with E-state index < -0.39 is 0 Å². The van der Waals surface area contributed by atoms with Crippen molar-refractivity contribution in [2.75, 3.05) is 51.3 Å². The summed E-state index contributed by atoms with van der Waals surface area (Å²) < 4.78 is 7.41. The van der Waals surface area contributed by atoms with Gasteiger partial charge in [0.25, 0.3) is 5.91 Å². The molecule has 0 unspecified atom stereocenters. The second kappa shape index (κ2) is 8.92. The summed E-state index contributed by atoms with van der Waals surface area (Å²) in [7, 11) is 1.83. The molecule has 3 heterocycles. The van der Waals surface area contributed by atoms with Crippen LogP contribution in [0.4, 0.5) is 5.69 Å². The van der Waals surface area contributed by atoms with E-state index in [1.807, 2.05) is 30.8 Å². The van der Waals surface area contributed by atoms with Crippen molar-refractivity contribution in [1.29, 1.82) is 0 Å². The summed E-state index contributed by atoms with van der Waals surface area (Å²) >= 11 is 0. The van der Waals surface area contributed by atoms with Crippen molar-refractivity contribution in [3.63, 3.8) is 0 Å². The highest BCUT2D eigenvalue weighted by Crippen LogP contribution is 2.24. The number of hydrogen-bond acceptors (Lipinski definition) is 6. The third-order valence-corrected chi connectivity index (χ3v) is 5.88. The zero-order valence-corrected chi connectivity index (χ0v) is 17.3. The molecule has 2 aliphatic heterocycles. The normalized spacial score (nSPS) is 18.1. The summed E-state index contributed by atoms with van der Waals surface area (Å²) in [5, 5.41) is 11.9. The number of hydrogen-bond donors (Lipinski definition) is 1. The van der Waals surface area contributed by atoms with Gasteiger partial charge >= 0.3 is 0 Å². The number of para-hydroxylation sites is 1. The number of nitrogens with zero attached hydrogens (tertiary/aromatic N) is 5. The van der Waals surface area contributed by atoms with Crippen LogP contribution in [0.3, 0.4) is 0 Å². The van der Waals surface area contributed by atoms with Crippen LogP contribution in [0.15, 0.2) is 24.3 Å². The van der Waals surface area contributed by atoms with E-state index in [0.29, 0.717) is 18.3 Å². The van der Waals surface area contributed by atoms with Gasteiger partial charge in [0.15, 0.2) is 5.69 Å². The predicted molar refractivity (Wildman–Crippen MR) is 111 cm³/mol. The van der Waals surface area contributed by atoms with Gasteiger partial charge in [-0.05, 0) is 44.5 Å². The Morgan fingerprint density at radius 3 is 2.72 bits per heavy atom. The van der Waals surface area contributed by atoms with Crippen molar-refractivity contribution in [3.8, 4) is 0 Å². The molecule has 0 bridgehead atoms. The number of nitrogens with one attached hydrogen (secondary N) is 1. The van der Waals surface area contributed by atoms with Gasteiger partial charge in [0, 0.05) is 32.4 Å². The Hall–Kier alpha value is -2.45. The number of piperidine rings is 1. The number of aromatic nitrogens is 3. The highest BCUT2D eigenvalue weighted by Gasteiger charge is 2.25. The molecule has 2 saturated heterocycles. The number of anilines is 1. The lowest BCUT2D eigenvalue weighted by molar-refractivity contribution is 0.0778. The van der Waals surface area contributed by atoms with Crippen LogP contribution in [-0.4, -0.2) is 72.2 Å². The Labute approximate surface area is 171 Å². The molecule has 4 rings (SSSR count). The molecule has 0 saturated carbocycles. The lowest BCUT2D eigenvalue weighted by Gasteiger charge is -2.31. The molecule has 1 N–H and O–H groups in total. The maximum Gasteiger partial charge on any atom is 0.276 e. The fraction of sp³-hybridized carbons (Fsp3) is 0.571. The van der Waals surface area contributed by atoms with Crippen LogP contribution >= 0.6 is 0 Å². The monoisotopic (exact) mass is 398 g/mol. The Bertz CT molecular complexity index is 839. The number of rotatable bonds is 5. The van der Waals surface area contributed by atoms with E-state index >= 15 is 0 Å². The van der Waals surface area contributed by atoms with E-state index in [4.69, 9.17) is 4.74 Å². The van der Waals surface area contributed by atoms with E-state index in [1.165, 1.54) is 5.69 Å². The largest absolute Gasteiger partial charge is 0.378 e. The summed E-state index contributed by atoms with van der Waals surface area (Å²) in [4.78, 5) is 17.2. The molecule has 0 radical (unpaired) electrons. The van der Waals surface area contributed by atoms with Gasteiger partial charge in [-0.1, -0.05) is 23.4 Å². The van der Waals surface area contributed by atoms with Crippen molar-refractivity contribution in [2.45, 2.75) is 32.4 Å². The average Bonchev–Trinajstić information content (AvgIpc) is 3.16. The maximum absolute atomic E-state index is 13.1. The number of benzene rings is 1. The average molecular weight is 399 g/mol. The predicted octanol–water partition coefficient (Wildman–Crippen LogP) is 1.62. The fourth-order valence-corrected chi connectivity index (χ4v) is 4.20. The second-order valence-corrected chi connectivity index (χ2v) is 7.84. The molecule has 156 valence electrons. The van der Waals surface area contributed by atoms with Crippen LogP contribution in [0.1, 0.15) is 40.6 Å². The number of carbonyl (C=O) groups excluding carboxylic acids is 1. The summed E-state index contributed by atoms with van der Waals surface area (Å²) in [6, 6.07) is 8.60. The third-order valence-electron chi connectivity index (χ3n) is 5.88. The van der Waals surface area contributed by atoms with Gasteiger partial charge in [0.05, 0.1) is 24.9 Å². The van der Waals surface area contributed by atoms with Gasteiger partial charge in [0.2, 0.25) is 0 Å². The quantitative estimate of drug-likeness (QED) is 0.825. The van der Waals surface area contributed by atoms with E-state index in [9.17, 15) is 4.79 Å². The zero-order chi connectivity index (χ0) is 20.2. The number of morpholine rings is 1. The van der Waals surface area contributed by atoms with Gasteiger partial charge in [-0.25, -0.2) is 4.68 Å². The van der Waals surface area contributed by atoms with Crippen molar-refractivity contribution in [3.05, 3.63) is 41.2 Å². The molecule has 2 aliphatic rings. The summed E-state index contributed by atoms with van der Waals surface area (Å²) in [5.41, 5.74) is 3.62. The highest BCUT2D eigenvalue weighted by atomic mass is 16.5. The molecule has 2 fully saturated rings. The molecule has 1 aromatic heterocycles. The smallest absolute Gasteiger partial charge is 0.276 e. The topological polar surface area (TPSA) is 75.5 Å². The number of ether oxygens (including phenoxy) is 1. The Morgan fingerprint density at radius 1 is 1.24 bits per heavy atom. The second-order valence-electron chi connectivity index (χ2n) is 7.84. The van der Waals surface area contributed by atoms with Crippen LogP contribution in [0.2, 0.25) is 0 Å². The van der Waals surface area contributed by atoms with E-state index in [1.54, 1.807) is 4.90 Å². The maximum atomic E-state index is 13.1. The van der Waals surface area contributed by atoms with Gasteiger partial charge in [0.1, 0.15) is 0 Å². The Balaban J connectivity index is 1.49. The molecule has 0 aliphatic carbocycles. The van der Waals surface area contributed by atoms with Gasteiger partial charge in [-0.15, -0.1) is 5.10 Å². The molecule has 1 aromatic carbocycles. The lowest BCUT2D eigenvalue weighted by Crippen LogP contribution is -2.37. The molecular weight excluding hydrogens is 368 g/mol. The number of amides is 1. The molecule has 29 heavy (non-hydrogen) atoms. The van der Waals surface area contributed by atoms with E-state index in [-0.39, 0.29) is 5.91 Å². The minimum absolute atomic E-state index is 0.0838. The van der Waals surface area contributed by atoms with Gasteiger partial charge in [-0.2, -0.15) is 0 Å². The van der Waals surface area contributed by atoms with Gasteiger partial charge in [-0.3, -0.25) is 4.79 Å². The van der Waals surface area contributed by atoms with E-state index in [0.717, 1.165) is 63.5 Å². The van der Waals surface area contributed by atoms with Crippen molar-refractivity contribution >= 4 is 11.6 Å². The molecule has 0 atom stereocenters. The van der Waals surface area contributed by atoms with E-state index in [2.05, 4.69) is 32.7 Å². The Kier molecular flexibility index (Phi) is 6.10. The first kappa shape index (κ1) is 19.8. The van der Waals surface area contributed by atoms with Crippen LogP contribution in [-0.2, 0) is 11.3 Å². The van der Waals surface area contributed by atoms with Crippen LogP contribution in [0.25, 0.3) is 0 Å². The van der Waals surface area contributed by atoms with Crippen molar-refractivity contribution in [2.24, 2.45) is 0 Å².